The van der Waals surface area contributed by atoms with E-state index in [1.807, 2.05) is 39.0 Å². The van der Waals surface area contributed by atoms with Crippen LogP contribution < -0.4 is 0 Å². The molecule has 1 atom stereocenters. The van der Waals surface area contributed by atoms with Crippen molar-refractivity contribution in [2.24, 2.45) is 0 Å². The zero-order valence-electron chi connectivity index (χ0n) is 14.7. The highest BCUT2D eigenvalue weighted by Crippen LogP contribution is 2.30. The van der Waals surface area contributed by atoms with Crippen LogP contribution in [0, 0.1) is 0 Å². The number of aromatic nitrogens is 1. The van der Waals surface area contributed by atoms with E-state index in [-0.39, 0.29) is 11.7 Å². The quantitative estimate of drug-likeness (QED) is 0.847. The molecule has 1 aromatic rings. The Kier molecular flexibility index (Phi) is 5.63. The third-order valence-electron chi connectivity index (χ3n) is 4.09. The molecule has 5 nitrogen and oxygen atoms in total. The summed E-state index contributed by atoms with van der Waals surface area (Å²) in [6, 6.07) is 5.81. The Labute approximate surface area is 139 Å². The molecule has 1 aliphatic heterocycles. The van der Waals surface area contributed by atoms with Gasteiger partial charge in [-0.15, -0.1) is 0 Å². The fourth-order valence-electron chi connectivity index (χ4n) is 2.80. The smallest absolute Gasteiger partial charge is 0.410 e. The number of likely N-dealkylation sites (tertiary alicyclic amines) is 1. The number of hydrogen-bond acceptors (Lipinski definition) is 4. The van der Waals surface area contributed by atoms with Gasteiger partial charge in [-0.25, -0.2) is 4.79 Å². The maximum Gasteiger partial charge on any atom is 0.410 e. The maximum absolute atomic E-state index is 12.3. The highest BCUT2D eigenvalue weighted by molar-refractivity contribution is 5.68. The van der Waals surface area contributed by atoms with Crippen LogP contribution in [0.2, 0.25) is 0 Å². The molecule has 0 aromatic carbocycles. The second kappa shape index (κ2) is 7.30. The van der Waals surface area contributed by atoms with Crippen molar-refractivity contribution in [1.82, 2.24) is 9.88 Å². The number of carbonyl (C=O) groups excluding carboxylic acids is 1. The highest BCUT2D eigenvalue weighted by atomic mass is 16.6. The normalized spacial score (nSPS) is 22.0. The minimum atomic E-state index is -0.474. The van der Waals surface area contributed by atoms with Gasteiger partial charge in [-0.3, -0.25) is 4.98 Å². The molecule has 1 aromatic heterocycles. The summed E-state index contributed by atoms with van der Waals surface area (Å²) in [7, 11) is 0. The van der Waals surface area contributed by atoms with Crippen molar-refractivity contribution in [1.29, 1.82) is 0 Å². The molecule has 0 spiro atoms. The van der Waals surface area contributed by atoms with Crippen LogP contribution in [0.1, 0.15) is 52.7 Å². The zero-order valence-corrected chi connectivity index (χ0v) is 14.7. The fourth-order valence-corrected chi connectivity index (χ4v) is 2.80. The largest absolute Gasteiger partial charge is 0.444 e. The summed E-state index contributed by atoms with van der Waals surface area (Å²) in [5, 5.41) is 0. The molecule has 0 N–H and O–H groups in total. The Balaban J connectivity index is 1.99. The summed E-state index contributed by atoms with van der Waals surface area (Å²) >= 11 is 0. The second-order valence-electron chi connectivity index (χ2n) is 7.15. The molecule has 1 saturated heterocycles. The molecular formula is C18H28N2O3. The fraction of sp³-hybridized carbons (Fsp3) is 0.667. The van der Waals surface area contributed by atoms with Crippen LogP contribution >= 0.6 is 0 Å². The standard InChI is InChI=1S/C18H28N2O3/c1-5-18(22-13-15-9-6-7-11-19-15)10-8-12-20(14-18)16(21)23-17(2,3)4/h6-7,9,11H,5,8,10,12-14H2,1-4H3. The molecule has 1 aliphatic rings. The van der Waals surface area contributed by atoms with Crippen LogP contribution in [0.4, 0.5) is 4.79 Å². The predicted octanol–water partition coefficient (Wildman–Crippen LogP) is 3.78. The van der Waals surface area contributed by atoms with E-state index in [0.29, 0.717) is 13.2 Å². The Hall–Kier alpha value is -1.62. The summed E-state index contributed by atoms with van der Waals surface area (Å²) in [6.07, 6.45) is 4.26. The van der Waals surface area contributed by atoms with Gasteiger partial charge in [0.1, 0.15) is 5.60 Å². The average molecular weight is 320 g/mol. The minimum Gasteiger partial charge on any atom is -0.444 e. The van der Waals surface area contributed by atoms with E-state index in [0.717, 1.165) is 31.5 Å². The lowest BCUT2D eigenvalue weighted by Gasteiger charge is -2.42. The highest BCUT2D eigenvalue weighted by Gasteiger charge is 2.38. The van der Waals surface area contributed by atoms with Crippen LogP contribution in [-0.2, 0) is 16.1 Å². The number of pyridine rings is 1. The van der Waals surface area contributed by atoms with Crippen LogP contribution in [0.5, 0.6) is 0 Å². The van der Waals surface area contributed by atoms with Gasteiger partial charge in [0, 0.05) is 12.7 Å². The summed E-state index contributed by atoms with van der Waals surface area (Å²) in [4.78, 5) is 18.4. The molecule has 0 aliphatic carbocycles. The molecule has 5 heteroatoms. The predicted molar refractivity (Wildman–Crippen MR) is 89.1 cm³/mol. The minimum absolute atomic E-state index is 0.253. The van der Waals surface area contributed by atoms with E-state index in [1.165, 1.54) is 0 Å². The summed E-state index contributed by atoms with van der Waals surface area (Å²) in [6.45, 7) is 9.54. The number of ether oxygens (including phenoxy) is 2. The van der Waals surface area contributed by atoms with E-state index in [4.69, 9.17) is 9.47 Å². The number of nitrogens with zero attached hydrogens (tertiary/aromatic N) is 2. The van der Waals surface area contributed by atoms with Gasteiger partial charge < -0.3 is 14.4 Å². The third-order valence-corrected chi connectivity index (χ3v) is 4.09. The first-order valence-corrected chi connectivity index (χ1v) is 8.35. The van der Waals surface area contributed by atoms with Gasteiger partial charge in [-0.05, 0) is 52.2 Å². The average Bonchev–Trinajstić information content (AvgIpc) is 2.53. The molecule has 1 unspecified atom stereocenters. The first-order chi connectivity index (χ1) is 10.8. The van der Waals surface area contributed by atoms with Gasteiger partial charge in [-0.2, -0.15) is 0 Å². The lowest BCUT2D eigenvalue weighted by Crippen LogP contribution is -2.52. The molecule has 0 bridgehead atoms. The number of rotatable bonds is 4. The molecule has 128 valence electrons. The molecular weight excluding hydrogens is 292 g/mol. The van der Waals surface area contributed by atoms with Gasteiger partial charge in [0.25, 0.3) is 0 Å². The van der Waals surface area contributed by atoms with Gasteiger partial charge in [-0.1, -0.05) is 13.0 Å². The van der Waals surface area contributed by atoms with Crippen molar-refractivity contribution in [3.8, 4) is 0 Å². The third kappa shape index (κ3) is 5.20. The molecule has 0 radical (unpaired) electrons. The van der Waals surface area contributed by atoms with E-state index in [1.54, 1.807) is 11.1 Å². The molecule has 23 heavy (non-hydrogen) atoms. The first-order valence-electron chi connectivity index (χ1n) is 8.35. The molecule has 1 amide bonds. The summed E-state index contributed by atoms with van der Waals surface area (Å²) < 4.78 is 11.7. The van der Waals surface area contributed by atoms with Crippen molar-refractivity contribution >= 4 is 6.09 Å². The van der Waals surface area contributed by atoms with Crippen molar-refractivity contribution in [3.63, 3.8) is 0 Å². The molecule has 1 fully saturated rings. The topological polar surface area (TPSA) is 51.7 Å². The van der Waals surface area contributed by atoms with E-state index in [2.05, 4.69) is 11.9 Å². The Morgan fingerprint density at radius 3 is 2.78 bits per heavy atom. The number of piperidine rings is 1. The second-order valence-corrected chi connectivity index (χ2v) is 7.15. The maximum atomic E-state index is 12.3. The monoisotopic (exact) mass is 320 g/mol. The van der Waals surface area contributed by atoms with E-state index < -0.39 is 5.60 Å². The van der Waals surface area contributed by atoms with Gasteiger partial charge in [0.15, 0.2) is 0 Å². The van der Waals surface area contributed by atoms with Crippen molar-refractivity contribution in [3.05, 3.63) is 30.1 Å². The molecule has 2 rings (SSSR count). The van der Waals surface area contributed by atoms with Gasteiger partial charge >= 0.3 is 6.09 Å². The van der Waals surface area contributed by atoms with E-state index >= 15 is 0 Å². The Bertz CT molecular complexity index is 513. The number of amides is 1. The van der Waals surface area contributed by atoms with Crippen molar-refractivity contribution in [2.45, 2.75) is 64.8 Å². The lowest BCUT2D eigenvalue weighted by molar-refractivity contribution is -0.102. The Morgan fingerprint density at radius 1 is 1.39 bits per heavy atom. The molecule has 2 heterocycles. The first kappa shape index (κ1) is 17.7. The van der Waals surface area contributed by atoms with Gasteiger partial charge in [0.05, 0.1) is 24.4 Å². The number of hydrogen-bond donors (Lipinski definition) is 0. The van der Waals surface area contributed by atoms with Crippen molar-refractivity contribution < 1.29 is 14.3 Å². The van der Waals surface area contributed by atoms with E-state index in [9.17, 15) is 4.79 Å². The van der Waals surface area contributed by atoms with Crippen LogP contribution in [0.25, 0.3) is 0 Å². The van der Waals surface area contributed by atoms with Crippen LogP contribution in [0.15, 0.2) is 24.4 Å². The lowest BCUT2D eigenvalue weighted by atomic mass is 9.90. The zero-order chi connectivity index (χ0) is 16.9. The SMILES string of the molecule is CCC1(OCc2ccccn2)CCCN(C(=O)OC(C)(C)C)C1. The Morgan fingerprint density at radius 2 is 2.17 bits per heavy atom. The molecule has 0 saturated carbocycles. The van der Waals surface area contributed by atoms with Crippen molar-refractivity contribution in [2.75, 3.05) is 13.1 Å². The van der Waals surface area contributed by atoms with Crippen LogP contribution in [-0.4, -0.2) is 40.3 Å². The van der Waals surface area contributed by atoms with Gasteiger partial charge in [0.2, 0.25) is 0 Å². The van der Waals surface area contributed by atoms with Crippen LogP contribution in [0.3, 0.4) is 0 Å². The summed E-state index contributed by atoms with van der Waals surface area (Å²) in [5.41, 5.74) is 0.125. The summed E-state index contributed by atoms with van der Waals surface area (Å²) in [5.74, 6) is 0. The number of carbonyl (C=O) groups is 1.